The van der Waals surface area contributed by atoms with Crippen molar-refractivity contribution in [2.45, 2.75) is 59.4 Å². The van der Waals surface area contributed by atoms with Crippen LogP contribution in [-0.2, 0) is 0 Å². The lowest BCUT2D eigenvalue weighted by Gasteiger charge is -2.38. The van der Waals surface area contributed by atoms with Gasteiger partial charge in [0.15, 0.2) is 0 Å². The lowest BCUT2D eigenvalue weighted by atomic mass is 9.81. The second kappa shape index (κ2) is 7.05. The molecule has 114 valence electrons. The summed E-state index contributed by atoms with van der Waals surface area (Å²) in [5, 5.41) is 13.0. The Kier molecular flexibility index (Phi) is 6.28. The van der Waals surface area contributed by atoms with Crippen LogP contribution < -0.4 is 5.32 Å². The summed E-state index contributed by atoms with van der Waals surface area (Å²) in [5.74, 6) is 0.502. The van der Waals surface area contributed by atoms with Gasteiger partial charge in [-0.15, -0.1) is 0 Å². The van der Waals surface area contributed by atoms with Crippen LogP contribution in [0.15, 0.2) is 0 Å². The molecule has 1 aliphatic heterocycles. The van der Waals surface area contributed by atoms with Crippen LogP contribution in [0.1, 0.15) is 53.9 Å². The first kappa shape index (κ1) is 16.9. The van der Waals surface area contributed by atoms with Crippen LogP contribution in [0.2, 0.25) is 0 Å². The van der Waals surface area contributed by atoms with Crippen LogP contribution in [0, 0.1) is 11.3 Å². The van der Waals surface area contributed by atoms with E-state index >= 15 is 0 Å². The molecule has 1 atom stereocenters. The van der Waals surface area contributed by atoms with Gasteiger partial charge in [-0.25, -0.2) is 0 Å². The molecule has 3 heteroatoms. The van der Waals surface area contributed by atoms with E-state index in [0.717, 1.165) is 26.1 Å². The molecule has 2 N–H and O–H groups in total. The van der Waals surface area contributed by atoms with Crippen molar-refractivity contribution in [2.75, 3.05) is 32.8 Å². The number of nitrogens with one attached hydrogen (secondary N) is 1. The summed E-state index contributed by atoms with van der Waals surface area (Å²) < 4.78 is 0. The van der Waals surface area contributed by atoms with Crippen LogP contribution in [-0.4, -0.2) is 48.3 Å². The topological polar surface area (TPSA) is 35.5 Å². The quantitative estimate of drug-likeness (QED) is 0.746. The lowest BCUT2D eigenvalue weighted by Crippen LogP contribution is -2.48. The molecule has 0 aliphatic carbocycles. The third-order valence-corrected chi connectivity index (χ3v) is 4.68. The Balaban J connectivity index is 2.56. The van der Waals surface area contributed by atoms with E-state index in [1.54, 1.807) is 0 Å². The third kappa shape index (κ3) is 5.41. The van der Waals surface area contributed by atoms with Crippen molar-refractivity contribution in [1.29, 1.82) is 0 Å². The number of nitrogens with zero attached hydrogens (tertiary/aromatic N) is 1. The summed E-state index contributed by atoms with van der Waals surface area (Å²) in [6, 6.07) is 0. The Bertz CT molecular complexity index is 256. The van der Waals surface area contributed by atoms with Crippen molar-refractivity contribution in [3.8, 4) is 0 Å². The van der Waals surface area contributed by atoms with E-state index < -0.39 is 0 Å². The number of likely N-dealkylation sites (tertiary alicyclic amines) is 1. The van der Waals surface area contributed by atoms with E-state index in [2.05, 4.69) is 44.8 Å². The number of hydrogen-bond donors (Lipinski definition) is 2. The highest BCUT2D eigenvalue weighted by Crippen LogP contribution is 2.30. The average Bonchev–Trinajstić information content (AvgIpc) is 2.81. The number of aliphatic hydroxyl groups is 1. The van der Waals surface area contributed by atoms with Crippen molar-refractivity contribution in [3.63, 3.8) is 0 Å². The fourth-order valence-electron chi connectivity index (χ4n) is 2.91. The predicted octanol–water partition coefficient (Wildman–Crippen LogP) is 2.50. The molecule has 1 aliphatic rings. The molecule has 19 heavy (non-hydrogen) atoms. The first-order chi connectivity index (χ1) is 8.84. The van der Waals surface area contributed by atoms with Crippen molar-refractivity contribution in [1.82, 2.24) is 10.2 Å². The maximum atomic E-state index is 9.27. The summed E-state index contributed by atoms with van der Waals surface area (Å²) in [6.07, 6.45) is 3.59. The molecule has 0 saturated carbocycles. The Morgan fingerprint density at radius 2 is 1.84 bits per heavy atom. The molecule has 0 aromatic heterocycles. The van der Waals surface area contributed by atoms with Gasteiger partial charge in [0.25, 0.3) is 0 Å². The van der Waals surface area contributed by atoms with Crippen LogP contribution in [0.5, 0.6) is 0 Å². The van der Waals surface area contributed by atoms with Crippen LogP contribution >= 0.6 is 0 Å². The monoisotopic (exact) mass is 270 g/mol. The molecule has 3 nitrogen and oxygen atoms in total. The van der Waals surface area contributed by atoms with Gasteiger partial charge < -0.3 is 15.3 Å². The summed E-state index contributed by atoms with van der Waals surface area (Å²) in [7, 11) is 0. The average molecular weight is 270 g/mol. The molecule has 1 fully saturated rings. The molecule has 0 amide bonds. The van der Waals surface area contributed by atoms with Gasteiger partial charge in [-0.2, -0.15) is 0 Å². The minimum absolute atomic E-state index is 0.189. The molecule has 1 heterocycles. The molecule has 0 aromatic carbocycles. The van der Waals surface area contributed by atoms with Gasteiger partial charge in [-0.3, -0.25) is 0 Å². The number of aliphatic hydroxyl groups excluding tert-OH is 1. The predicted molar refractivity (Wildman–Crippen MR) is 82.4 cm³/mol. The van der Waals surface area contributed by atoms with Gasteiger partial charge in [-0.1, -0.05) is 13.8 Å². The van der Waals surface area contributed by atoms with Gasteiger partial charge >= 0.3 is 0 Å². The Morgan fingerprint density at radius 3 is 2.26 bits per heavy atom. The molecule has 0 bridgehead atoms. The van der Waals surface area contributed by atoms with Crippen LogP contribution in [0.25, 0.3) is 0 Å². The highest BCUT2D eigenvalue weighted by atomic mass is 16.3. The summed E-state index contributed by atoms with van der Waals surface area (Å²) in [4.78, 5) is 2.55. The SMILES string of the molecule is CCC(CC)(CNC(C)(C)C)CN1CCC(CO)C1. The number of hydrogen-bond acceptors (Lipinski definition) is 3. The van der Waals surface area contributed by atoms with Gasteiger partial charge in [-0.05, 0) is 57.9 Å². The summed E-state index contributed by atoms with van der Waals surface area (Å²) in [5.41, 5.74) is 0.561. The zero-order valence-electron chi connectivity index (χ0n) is 13.6. The fraction of sp³-hybridized carbons (Fsp3) is 1.00. The molecular weight excluding hydrogens is 236 g/mol. The molecule has 1 unspecified atom stereocenters. The zero-order chi connectivity index (χ0) is 14.5. The molecular formula is C16H34N2O. The minimum Gasteiger partial charge on any atom is -0.396 e. The second-order valence-electron chi connectivity index (χ2n) is 7.38. The molecule has 0 radical (unpaired) electrons. The fourth-order valence-corrected chi connectivity index (χ4v) is 2.91. The van der Waals surface area contributed by atoms with Crippen molar-refractivity contribution in [3.05, 3.63) is 0 Å². The van der Waals surface area contributed by atoms with E-state index in [4.69, 9.17) is 0 Å². The Morgan fingerprint density at radius 1 is 1.21 bits per heavy atom. The van der Waals surface area contributed by atoms with Gasteiger partial charge in [0, 0.05) is 31.8 Å². The van der Waals surface area contributed by atoms with E-state index in [1.165, 1.54) is 19.4 Å². The van der Waals surface area contributed by atoms with Crippen molar-refractivity contribution >= 4 is 0 Å². The largest absolute Gasteiger partial charge is 0.396 e. The first-order valence-corrected chi connectivity index (χ1v) is 7.92. The third-order valence-electron chi connectivity index (χ3n) is 4.68. The Labute approximate surface area is 119 Å². The van der Waals surface area contributed by atoms with Gasteiger partial charge in [0.2, 0.25) is 0 Å². The minimum atomic E-state index is 0.189. The molecule has 1 rings (SSSR count). The molecule has 0 aromatic rings. The first-order valence-electron chi connectivity index (χ1n) is 7.92. The second-order valence-corrected chi connectivity index (χ2v) is 7.38. The maximum absolute atomic E-state index is 9.27. The smallest absolute Gasteiger partial charge is 0.0471 e. The highest BCUT2D eigenvalue weighted by molar-refractivity contribution is 4.88. The highest BCUT2D eigenvalue weighted by Gasteiger charge is 2.32. The maximum Gasteiger partial charge on any atom is 0.0471 e. The van der Waals surface area contributed by atoms with E-state index in [-0.39, 0.29) is 5.54 Å². The summed E-state index contributed by atoms with van der Waals surface area (Å²) >= 11 is 0. The van der Waals surface area contributed by atoms with E-state index in [0.29, 0.717) is 17.9 Å². The zero-order valence-corrected chi connectivity index (χ0v) is 13.6. The van der Waals surface area contributed by atoms with Crippen molar-refractivity contribution in [2.24, 2.45) is 11.3 Å². The summed E-state index contributed by atoms with van der Waals surface area (Å²) in [6.45, 7) is 16.2. The standard InChI is InChI=1S/C16H34N2O/c1-6-16(7-2,12-17-15(3,4)5)13-18-9-8-14(10-18)11-19/h14,17,19H,6-13H2,1-5H3. The van der Waals surface area contributed by atoms with Crippen LogP contribution in [0.4, 0.5) is 0 Å². The van der Waals surface area contributed by atoms with Gasteiger partial charge in [0.05, 0.1) is 0 Å². The van der Waals surface area contributed by atoms with E-state index in [1.807, 2.05) is 0 Å². The van der Waals surface area contributed by atoms with E-state index in [9.17, 15) is 5.11 Å². The van der Waals surface area contributed by atoms with Crippen LogP contribution in [0.3, 0.4) is 0 Å². The van der Waals surface area contributed by atoms with Crippen molar-refractivity contribution < 1.29 is 5.11 Å². The van der Waals surface area contributed by atoms with Gasteiger partial charge in [0.1, 0.15) is 0 Å². The normalized spacial score (nSPS) is 22.1. The lowest BCUT2D eigenvalue weighted by molar-refractivity contribution is 0.136. The Hall–Kier alpha value is -0.120. The molecule has 1 saturated heterocycles. The number of rotatable bonds is 7. The molecule has 0 spiro atoms.